The molecule has 0 atom stereocenters. The number of carbonyl (C=O) groups is 1. The second kappa shape index (κ2) is 6.36. The molecule has 3 rings (SSSR count). The Kier molecular flexibility index (Phi) is 4.10. The zero-order valence-electron chi connectivity index (χ0n) is 12.7. The molecule has 5 heteroatoms. The molecule has 5 nitrogen and oxygen atoms in total. The maximum absolute atomic E-state index is 12.5. The van der Waals surface area contributed by atoms with Gasteiger partial charge in [-0.1, -0.05) is 29.8 Å². The van der Waals surface area contributed by atoms with Crippen LogP contribution in [0.25, 0.3) is 0 Å². The van der Waals surface area contributed by atoms with Crippen molar-refractivity contribution in [2.45, 2.75) is 13.5 Å². The molecule has 0 fully saturated rings. The number of nitrogens with zero attached hydrogens (tertiary/aromatic N) is 1. The lowest BCUT2D eigenvalue weighted by molar-refractivity contribution is 0.102. The number of benzene rings is 1. The summed E-state index contributed by atoms with van der Waals surface area (Å²) in [6.07, 6.45) is 4.45. The third-order valence-electron chi connectivity index (χ3n) is 3.53. The number of rotatable bonds is 4. The Morgan fingerprint density at radius 3 is 2.65 bits per heavy atom. The SMILES string of the molecule is Cc1ccc(Cn2cccc(NC(=O)c3ccoc3)c2=O)cc1. The topological polar surface area (TPSA) is 64.2 Å². The summed E-state index contributed by atoms with van der Waals surface area (Å²) in [7, 11) is 0. The van der Waals surface area contributed by atoms with E-state index in [1.54, 1.807) is 29.0 Å². The van der Waals surface area contributed by atoms with Crippen molar-refractivity contribution in [1.29, 1.82) is 0 Å². The van der Waals surface area contributed by atoms with Crippen LogP contribution in [0, 0.1) is 6.92 Å². The van der Waals surface area contributed by atoms with Crippen LogP contribution in [-0.2, 0) is 6.54 Å². The quantitative estimate of drug-likeness (QED) is 0.805. The number of nitrogens with one attached hydrogen (secondary N) is 1. The first-order chi connectivity index (χ1) is 11.1. The minimum atomic E-state index is -0.371. The molecule has 0 aliphatic heterocycles. The molecule has 3 aromatic rings. The van der Waals surface area contributed by atoms with Gasteiger partial charge in [0.1, 0.15) is 12.0 Å². The van der Waals surface area contributed by atoms with Crippen LogP contribution in [0.1, 0.15) is 21.5 Å². The van der Waals surface area contributed by atoms with Crippen molar-refractivity contribution in [2.75, 3.05) is 5.32 Å². The van der Waals surface area contributed by atoms with E-state index in [1.807, 2.05) is 31.2 Å². The van der Waals surface area contributed by atoms with Crippen molar-refractivity contribution >= 4 is 11.6 Å². The van der Waals surface area contributed by atoms with Gasteiger partial charge in [0.05, 0.1) is 18.4 Å². The van der Waals surface area contributed by atoms with Gasteiger partial charge in [-0.2, -0.15) is 0 Å². The molecule has 116 valence electrons. The van der Waals surface area contributed by atoms with Crippen LogP contribution in [0.3, 0.4) is 0 Å². The van der Waals surface area contributed by atoms with Crippen LogP contribution in [0.5, 0.6) is 0 Å². The van der Waals surface area contributed by atoms with Gasteiger partial charge in [-0.05, 0) is 30.7 Å². The first-order valence-electron chi connectivity index (χ1n) is 7.22. The van der Waals surface area contributed by atoms with Crippen LogP contribution >= 0.6 is 0 Å². The van der Waals surface area contributed by atoms with Gasteiger partial charge in [-0.3, -0.25) is 9.59 Å². The molecule has 0 saturated carbocycles. The standard InChI is InChI=1S/C18H16N2O3/c1-13-4-6-14(7-5-13)11-20-9-2-3-16(18(20)22)19-17(21)15-8-10-23-12-15/h2-10,12H,11H2,1H3,(H,19,21). The van der Waals surface area contributed by atoms with Crippen molar-refractivity contribution in [2.24, 2.45) is 0 Å². The van der Waals surface area contributed by atoms with E-state index < -0.39 is 0 Å². The second-order valence-electron chi connectivity index (χ2n) is 5.31. The monoisotopic (exact) mass is 308 g/mol. The highest BCUT2D eigenvalue weighted by Crippen LogP contribution is 2.08. The number of hydrogen-bond donors (Lipinski definition) is 1. The summed E-state index contributed by atoms with van der Waals surface area (Å²) in [4.78, 5) is 24.5. The molecule has 1 aromatic carbocycles. The molecule has 0 bridgehead atoms. The van der Waals surface area contributed by atoms with E-state index in [0.717, 1.165) is 5.56 Å². The zero-order chi connectivity index (χ0) is 16.2. The Balaban J connectivity index is 1.82. The zero-order valence-corrected chi connectivity index (χ0v) is 12.7. The molecular formula is C18H16N2O3. The van der Waals surface area contributed by atoms with Gasteiger partial charge in [0, 0.05) is 6.20 Å². The molecule has 2 aromatic heterocycles. The first-order valence-corrected chi connectivity index (χ1v) is 7.22. The van der Waals surface area contributed by atoms with E-state index in [9.17, 15) is 9.59 Å². The molecule has 23 heavy (non-hydrogen) atoms. The summed E-state index contributed by atoms with van der Waals surface area (Å²) >= 11 is 0. The fourth-order valence-electron chi connectivity index (χ4n) is 2.23. The summed E-state index contributed by atoms with van der Waals surface area (Å²) in [5.41, 5.74) is 2.56. The van der Waals surface area contributed by atoms with Gasteiger partial charge in [0.15, 0.2) is 0 Å². The number of aromatic nitrogens is 1. The van der Waals surface area contributed by atoms with Crippen LogP contribution in [0.4, 0.5) is 5.69 Å². The number of anilines is 1. The van der Waals surface area contributed by atoms with Crippen molar-refractivity contribution in [3.05, 3.63) is 88.2 Å². The highest BCUT2D eigenvalue weighted by molar-refractivity contribution is 6.03. The number of pyridine rings is 1. The van der Waals surface area contributed by atoms with Crippen LogP contribution in [-0.4, -0.2) is 10.5 Å². The average Bonchev–Trinajstić information content (AvgIpc) is 3.08. The number of carbonyl (C=O) groups excluding carboxylic acids is 1. The Labute approximate surface area is 133 Å². The largest absolute Gasteiger partial charge is 0.472 e. The summed E-state index contributed by atoms with van der Waals surface area (Å²) in [6.45, 7) is 2.47. The van der Waals surface area contributed by atoms with Gasteiger partial charge in [0.2, 0.25) is 0 Å². The average molecular weight is 308 g/mol. The second-order valence-corrected chi connectivity index (χ2v) is 5.31. The van der Waals surface area contributed by atoms with Crippen molar-refractivity contribution < 1.29 is 9.21 Å². The molecular weight excluding hydrogens is 292 g/mol. The molecule has 0 saturated heterocycles. The van der Waals surface area contributed by atoms with E-state index in [4.69, 9.17) is 4.42 Å². The van der Waals surface area contributed by atoms with Crippen LogP contribution in [0.2, 0.25) is 0 Å². The van der Waals surface area contributed by atoms with Crippen molar-refractivity contribution in [3.8, 4) is 0 Å². The van der Waals surface area contributed by atoms with Crippen LogP contribution < -0.4 is 10.9 Å². The fraction of sp³-hybridized carbons (Fsp3) is 0.111. The minimum absolute atomic E-state index is 0.241. The molecule has 0 radical (unpaired) electrons. The third kappa shape index (κ3) is 3.40. The molecule has 0 aliphatic rings. The molecule has 1 N–H and O–H groups in total. The van der Waals surface area contributed by atoms with Gasteiger partial charge in [0.25, 0.3) is 11.5 Å². The smallest absolute Gasteiger partial charge is 0.274 e. The molecule has 2 heterocycles. The van der Waals surface area contributed by atoms with E-state index in [1.165, 1.54) is 18.1 Å². The van der Waals surface area contributed by atoms with Gasteiger partial charge >= 0.3 is 0 Å². The molecule has 0 spiro atoms. The fourth-order valence-corrected chi connectivity index (χ4v) is 2.23. The maximum Gasteiger partial charge on any atom is 0.274 e. The predicted molar refractivity (Wildman–Crippen MR) is 87.6 cm³/mol. The van der Waals surface area contributed by atoms with Gasteiger partial charge in [-0.15, -0.1) is 0 Å². The third-order valence-corrected chi connectivity index (χ3v) is 3.53. The molecule has 1 amide bonds. The van der Waals surface area contributed by atoms with Gasteiger partial charge < -0.3 is 14.3 Å². The number of furan rings is 1. The Bertz CT molecular complexity index is 862. The number of hydrogen-bond acceptors (Lipinski definition) is 3. The van der Waals surface area contributed by atoms with Crippen LogP contribution in [0.15, 0.2) is 70.4 Å². The Hall–Kier alpha value is -3.08. The van der Waals surface area contributed by atoms with E-state index in [-0.39, 0.29) is 17.2 Å². The summed E-state index contributed by atoms with van der Waals surface area (Å²) < 4.78 is 6.44. The first kappa shape index (κ1) is 14.8. The highest BCUT2D eigenvalue weighted by Gasteiger charge is 2.10. The lowest BCUT2D eigenvalue weighted by Gasteiger charge is -2.09. The number of amides is 1. The van der Waals surface area contributed by atoms with Crippen molar-refractivity contribution in [3.63, 3.8) is 0 Å². The molecule has 0 aliphatic carbocycles. The van der Waals surface area contributed by atoms with E-state index in [2.05, 4.69) is 5.32 Å². The Morgan fingerprint density at radius 1 is 1.17 bits per heavy atom. The molecule has 0 unspecified atom stereocenters. The Morgan fingerprint density at radius 2 is 1.96 bits per heavy atom. The van der Waals surface area contributed by atoms with E-state index >= 15 is 0 Å². The lowest BCUT2D eigenvalue weighted by Crippen LogP contribution is -2.25. The summed E-state index contributed by atoms with van der Waals surface area (Å²) in [6, 6.07) is 12.8. The highest BCUT2D eigenvalue weighted by atomic mass is 16.3. The van der Waals surface area contributed by atoms with E-state index in [0.29, 0.717) is 12.1 Å². The summed E-state index contributed by atoms with van der Waals surface area (Å²) in [5.74, 6) is -0.371. The number of aryl methyl sites for hydroxylation is 1. The normalized spacial score (nSPS) is 10.5. The predicted octanol–water partition coefficient (Wildman–Crippen LogP) is 3.05. The maximum atomic E-state index is 12.5. The van der Waals surface area contributed by atoms with Crippen molar-refractivity contribution in [1.82, 2.24) is 4.57 Å². The summed E-state index contributed by atoms with van der Waals surface area (Å²) in [5, 5.41) is 2.62. The van der Waals surface area contributed by atoms with Gasteiger partial charge in [-0.25, -0.2) is 0 Å². The lowest BCUT2D eigenvalue weighted by atomic mass is 10.1. The minimum Gasteiger partial charge on any atom is -0.472 e.